The number of carbonyl (C=O) groups excluding carboxylic acids is 1. The van der Waals surface area contributed by atoms with Gasteiger partial charge in [0, 0.05) is 42.7 Å². The van der Waals surface area contributed by atoms with Crippen LogP contribution in [0.25, 0.3) is 16.5 Å². The number of fused-ring (bicyclic) bond motifs is 6. The van der Waals surface area contributed by atoms with Gasteiger partial charge in [-0.1, -0.05) is 24.8 Å². The molecule has 118 valence electrons. The number of allylic oxidation sites excluding steroid dienone is 1. The van der Waals surface area contributed by atoms with Gasteiger partial charge in [-0.05, 0) is 18.1 Å². The summed E-state index contributed by atoms with van der Waals surface area (Å²) < 4.78 is 7.18. The Bertz CT molecular complexity index is 875. The second kappa shape index (κ2) is 4.75. The SMILES string of the molecule is C=C1c2c(c3ccccc3n2C)C2CC1C(C(=O)OC)=CN2C. The average Bonchev–Trinajstić information content (AvgIpc) is 2.87. The molecule has 4 nitrogen and oxygen atoms in total. The number of aromatic nitrogens is 1. The molecule has 2 aromatic rings. The van der Waals surface area contributed by atoms with Gasteiger partial charge in [0.15, 0.2) is 0 Å². The van der Waals surface area contributed by atoms with Gasteiger partial charge in [0.1, 0.15) is 0 Å². The van der Waals surface area contributed by atoms with Crippen molar-refractivity contribution in [3.63, 3.8) is 0 Å². The lowest BCUT2D eigenvalue weighted by atomic mass is 9.74. The van der Waals surface area contributed by atoms with Crippen molar-refractivity contribution in [3.05, 3.63) is 53.9 Å². The summed E-state index contributed by atoms with van der Waals surface area (Å²) in [5.74, 6) is -0.233. The van der Waals surface area contributed by atoms with E-state index >= 15 is 0 Å². The maximum absolute atomic E-state index is 12.2. The molecule has 0 radical (unpaired) electrons. The highest BCUT2D eigenvalue weighted by Crippen LogP contribution is 2.51. The number of nitrogens with zero attached hydrogens (tertiary/aromatic N) is 2. The zero-order valence-electron chi connectivity index (χ0n) is 13.7. The molecular formula is C19H20N2O2. The van der Waals surface area contributed by atoms with Crippen LogP contribution < -0.4 is 0 Å². The molecule has 0 N–H and O–H groups in total. The van der Waals surface area contributed by atoms with Crippen LogP contribution >= 0.6 is 0 Å². The van der Waals surface area contributed by atoms with Crippen molar-refractivity contribution in [2.45, 2.75) is 12.5 Å². The Labute approximate surface area is 135 Å². The van der Waals surface area contributed by atoms with Crippen molar-refractivity contribution in [2.24, 2.45) is 13.0 Å². The van der Waals surface area contributed by atoms with E-state index in [1.165, 1.54) is 23.6 Å². The number of hydrogen-bond acceptors (Lipinski definition) is 3. The van der Waals surface area contributed by atoms with E-state index in [-0.39, 0.29) is 17.9 Å². The van der Waals surface area contributed by atoms with Crippen LogP contribution in [0.4, 0.5) is 0 Å². The van der Waals surface area contributed by atoms with Crippen LogP contribution in [-0.4, -0.2) is 29.6 Å². The molecule has 0 amide bonds. The number of rotatable bonds is 1. The lowest BCUT2D eigenvalue weighted by Gasteiger charge is -2.41. The smallest absolute Gasteiger partial charge is 0.335 e. The Balaban J connectivity index is 1.98. The van der Waals surface area contributed by atoms with E-state index in [1.54, 1.807) is 0 Å². The molecule has 23 heavy (non-hydrogen) atoms. The summed E-state index contributed by atoms with van der Waals surface area (Å²) in [6.07, 6.45) is 2.80. The number of benzene rings is 1. The molecule has 1 aromatic heterocycles. The maximum atomic E-state index is 12.2. The molecule has 0 fully saturated rings. The van der Waals surface area contributed by atoms with Crippen LogP contribution in [-0.2, 0) is 16.6 Å². The van der Waals surface area contributed by atoms with E-state index in [2.05, 4.69) is 47.4 Å². The fourth-order valence-electron chi connectivity index (χ4n) is 4.19. The van der Waals surface area contributed by atoms with E-state index in [1.807, 2.05) is 13.2 Å². The van der Waals surface area contributed by atoms with Crippen molar-refractivity contribution < 1.29 is 9.53 Å². The number of aryl methyl sites for hydroxylation is 1. The quantitative estimate of drug-likeness (QED) is 0.758. The van der Waals surface area contributed by atoms with Gasteiger partial charge in [-0.2, -0.15) is 0 Å². The summed E-state index contributed by atoms with van der Waals surface area (Å²) in [6, 6.07) is 8.72. The summed E-state index contributed by atoms with van der Waals surface area (Å²) >= 11 is 0. The van der Waals surface area contributed by atoms with E-state index < -0.39 is 0 Å². The van der Waals surface area contributed by atoms with E-state index in [0.717, 1.165) is 17.7 Å². The third-order valence-electron chi connectivity index (χ3n) is 5.29. The Kier molecular flexibility index (Phi) is 2.92. The largest absolute Gasteiger partial charge is 0.466 e. The first-order valence-corrected chi connectivity index (χ1v) is 7.83. The molecule has 1 aromatic carbocycles. The van der Waals surface area contributed by atoms with Gasteiger partial charge >= 0.3 is 5.97 Å². The number of hydrogen-bond donors (Lipinski definition) is 0. The topological polar surface area (TPSA) is 34.5 Å². The minimum Gasteiger partial charge on any atom is -0.466 e. The second-order valence-corrected chi connectivity index (χ2v) is 6.41. The number of esters is 1. The van der Waals surface area contributed by atoms with Crippen LogP contribution in [0.15, 0.2) is 42.6 Å². The van der Waals surface area contributed by atoms with Crippen LogP contribution in [0, 0.1) is 5.92 Å². The van der Waals surface area contributed by atoms with E-state index in [0.29, 0.717) is 5.57 Å². The van der Waals surface area contributed by atoms with Gasteiger partial charge < -0.3 is 14.2 Å². The van der Waals surface area contributed by atoms with E-state index in [9.17, 15) is 4.79 Å². The Morgan fingerprint density at radius 3 is 2.78 bits per heavy atom. The van der Waals surface area contributed by atoms with Crippen LogP contribution in [0.5, 0.6) is 0 Å². The minimum atomic E-state index is -0.260. The van der Waals surface area contributed by atoms with Crippen molar-refractivity contribution in [3.8, 4) is 0 Å². The first-order valence-electron chi connectivity index (χ1n) is 7.83. The standard InChI is InChI=1S/C19H20N2O2/c1-11-13-9-16(20(2)10-14(13)19(22)23-4)17-12-7-5-6-8-15(12)21(3)18(11)17/h5-8,10,13,16H,1,9H2,2-4H3. The number of methoxy groups -OCH3 is 1. The molecule has 2 bridgehead atoms. The van der Waals surface area contributed by atoms with Gasteiger partial charge in [0.25, 0.3) is 0 Å². The van der Waals surface area contributed by atoms with Crippen LogP contribution in [0.1, 0.15) is 23.7 Å². The van der Waals surface area contributed by atoms with Gasteiger partial charge in [-0.15, -0.1) is 0 Å². The maximum Gasteiger partial charge on any atom is 0.335 e. The summed E-state index contributed by atoms with van der Waals surface area (Å²) in [7, 11) is 5.54. The third-order valence-corrected chi connectivity index (χ3v) is 5.29. The highest BCUT2D eigenvalue weighted by atomic mass is 16.5. The number of ether oxygens (including phenoxy) is 1. The van der Waals surface area contributed by atoms with Crippen LogP contribution in [0.3, 0.4) is 0 Å². The molecule has 2 atom stereocenters. The van der Waals surface area contributed by atoms with Crippen LogP contribution in [0.2, 0.25) is 0 Å². The predicted molar refractivity (Wildman–Crippen MR) is 90.7 cm³/mol. The predicted octanol–water partition coefficient (Wildman–Crippen LogP) is 3.25. The normalized spacial score (nSPS) is 22.8. The van der Waals surface area contributed by atoms with E-state index in [4.69, 9.17) is 4.74 Å². The monoisotopic (exact) mass is 308 g/mol. The lowest BCUT2D eigenvalue weighted by Crippen LogP contribution is -2.35. The fraction of sp³-hybridized carbons (Fsp3) is 0.316. The summed E-state index contributed by atoms with van der Waals surface area (Å²) in [4.78, 5) is 14.3. The molecule has 1 aliphatic heterocycles. The minimum absolute atomic E-state index is 0.0270. The van der Waals surface area contributed by atoms with Crippen molar-refractivity contribution in [1.29, 1.82) is 0 Å². The van der Waals surface area contributed by atoms with Crippen molar-refractivity contribution >= 4 is 22.4 Å². The van der Waals surface area contributed by atoms with Gasteiger partial charge in [0.05, 0.1) is 24.4 Å². The van der Waals surface area contributed by atoms with Crippen molar-refractivity contribution in [2.75, 3.05) is 14.2 Å². The Hall–Kier alpha value is -2.49. The average molecular weight is 308 g/mol. The zero-order chi connectivity index (χ0) is 16.3. The molecule has 4 heteroatoms. The van der Waals surface area contributed by atoms with Gasteiger partial charge in [-0.25, -0.2) is 4.79 Å². The third kappa shape index (κ3) is 1.75. The lowest BCUT2D eigenvalue weighted by molar-refractivity contribution is -0.136. The summed E-state index contributed by atoms with van der Waals surface area (Å²) in [5.41, 5.74) is 5.41. The molecule has 1 aliphatic carbocycles. The Morgan fingerprint density at radius 2 is 2.04 bits per heavy atom. The van der Waals surface area contributed by atoms with Gasteiger partial charge in [0.2, 0.25) is 0 Å². The fourth-order valence-corrected chi connectivity index (χ4v) is 4.19. The molecular weight excluding hydrogens is 288 g/mol. The highest BCUT2D eigenvalue weighted by molar-refractivity contribution is 5.97. The summed E-state index contributed by atoms with van der Waals surface area (Å²) in [5, 5.41) is 1.27. The molecule has 4 rings (SSSR count). The molecule has 2 aliphatic rings. The number of carbonyl (C=O) groups is 1. The van der Waals surface area contributed by atoms with Gasteiger partial charge in [-0.3, -0.25) is 0 Å². The number of para-hydroxylation sites is 1. The molecule has 2 unspecified atom stereocenters. The molecule has 2 heterocycles. The first kappa shape index (κ1) is 14.1. The van der Waals surface area contributed by atoms with Crippen molar-refractivity contribution in [1.82, 2.24) is 9.47 Å². The summed E-state index contributed by atoms with van der Waals surface area (Å²) in [6.45, 7) is 4.34. The first-order chi connectivity index (χ1) is 11.0. The second-order valence-electron chi connectivity index (χ2n) is 6.41. The molecule has 0 saturated carbocycles. The Morgan fingerprint density at radius 1 is 1.30 bits per heavy atom. The zero-order valence-corrected chi connectivity index (χ0v) is 13.7. The highest BCUT2D eigenvalue weighted by Gasteiger charge is 2.42. The molecule has 0 spiro atoms. The molecule has 0 saturated heterocycles.